The van der Waals surface area contributed by atoms with Gasteiger partial charge >= 0.3 is 0 Å². The molecule has 3 rings (SSSR count). The van der Waals surface area contributed by atoms with E-state index in [1.54, 1.807) is 0 Å². The number of hydrogen-bond acceptors (Lipinski definition) is 2. The van der Waals surface area contributed by atoms with Crippen LogP contribution in [0.3, 0.4) is 0 Å². The molecule has 1 unspecified atom stereocenters. The molecule has 0 radical (unpaired) electrons. The molecule has 0 bridgehead atoms. The molecule has 2 nitrogen and oxygen atoms in total. The van der Waals surface area contributed by atoms with Crippen LogP contribution in [0.5, 0.6) is 0 Å². The van der Waals surface area contributed by atoms with E-state index in [1.807, 2.05) is 18.2 Å². The fourth-order valence-electron chi connectivity index (χ4n) is 2.37. The molecule has 1 atom stereocenters. The molecular formula is C16H16ClNO. The summed E-state index contributed by atoms with van der Waals surface area (Å²) in [5.41, 5.74) is 3.52. The van der Waals surface area contributed by atoms with Crippen LogP contribution in [0.15, 0.2) is 48.5 Å². The van der Waals surface area contributed by atoms with Crippen molar-refractivity contribution in [2.24, 2.45) is 0 Å². The molecule has 98 valence electrons. The number of halogens is 1. The first kappa shape index (κ1) is 12.7. The molecule has 1 saturated heterocycles. The summed E-state index contributed by atoms with van der Waals surface area (Å²) >= 11 is 6.05. The van der Waals surface area contributed by atoms with Crippen LogP contribution in [0.2, 0.25) is 5.02 Å². The van der Waals surface area contributed by atoms with Crippen LogP contribution in [0, 0.1) is 0 Å². The highest BCUT2D eigenvalue weighted by molar-refractivity contribution is 6.30. The molecule has 3 heteroatoms. The Balaban J connectivity index is 1.91. The SMILES string of the molecule is Clc1cccc(-c2cccc(C3CNCCO3)c2)c1. The average Bonchev–Trinajstić information content (AvgIpc) is 2.48. The Bertz CT molecular complexity index is 564. The van der Waals surface area contributed by atoms with E-state index in [1.165, 1.54) is 11.1 Å². The van der Waals surface area contributed by atoms with E-state index in [0.29, 0.717) is 0 Å². The van der Waals surface area contributed by atoms with E-state index in [4.69, 9.17) is 16.3 Å². The van der Waals surface area contributed by atoms with Crippen molar-refractivity contribution in [3.63, 3.8) is 0 Å². The van der Waals surface area contributed by atoms with Crippen molar-refractivity contribution in [3.8, 4) is 11.1 Å². The number of nitrogens with one attached hydrogen (secondary N) is 1. The maximum absolute atomic E-state index is 6.05. The maximum atomic E-state index is 6.05. The largest absolute Gasteiger partial charge is 0.371 e. The van der Waals surface area contributed by atoms with Gasteiger partial charge in [0, 0.05) is 18.1 Å². The van der Waals surface area contributed by atoms with Crippen molar-refractivity contribution in [2.75, 3.05) is 19.7 Å². The predicted molar refractivity (Wildman–Crippen MR) is 78.5 cm³/mol. The quantitative estimate of drug-likeness (QED) is 0.901. The van der Waals surface area contributed by atoms with Gasteiger partial charge < -0.3 is 10.1 Å². The Labute approximate surface area is 118 Å². The smallest absolute Gasteiger partial charge is 0.0950 e. The van der Waals surface area contributed by atoms with Gasteiger partial charge in [0.05, 0.1) is 12.7 Å². The van der Waals surface area contributed by atoms with E-state index >= 15 is 0 Å². The zero-order chi connectivity index (χ0) is 13.1. The molecular weight excluding hydrogens is 258 g/mol. The predicted octanol–water partition coefficient (Wildman–Crippen LogP) is 3.67. The Morgan fingerprint density at radius 2 is 1.84 bits per heavy atom. The lowest BCUT2D eigenvalue weighted by atomic mass is 10.0. The normalized spacial score (nSPS) is 19.3. The molecule has 2 aromatic rings. The molecule has 2 aromatic carbocycles. The van der Waals surface area contributed by atoms with Gasteiger partial charge in [0.25, 0.3) is 0 Å². The molecule has 1 aliphatic heterocycles. The van der Waals surface area contributed by atoms with Crippen molar-refractivity contribution in [2.45, 2.75) is 6.10 Å². The number of rotatable bonds is 2. The molecule has 1 N–H and O–H groups in total. The zero-order valence-corrected chi connectivity index (χ0v) is 11.4. The van der Waals surface area contributed by atoms with E-state index in [-0.39, 0.29) is 6.10 Å². The van der Waals surface area contributed by atoms with Crippen LogP contribution >= 0.6 is 11.6 Å². The number of hydrogen-bond donors (Lipinski definition) is 1. The standard InChI is InChI=1S/C16H16ClNO/c17-15-6-2-4-13(10-15)12-3-1-5-14(9-12)16-11-18-7-8-19-16/h1-6,9-10,16,18H,7-8,11H2. The lowest BCUT2D eigenvalue weighted by Gasteiger charge is -2.24. The lowest BCUT2D eigenvalue weighted by molar-refractivity contribution is 0.0277. The van der Waals surface area contributed by atoms with E-state index in [2.05, 4.69) is 35.6 Å². The monoisotopic (exact) mass is 273 g/mol. The van der Waals surface area contributed by atoms with Crippen molar-refractivity contribution in [1.29, 1.82) is 0 Å². The molecule has 0 saturated carbocycles. The zero-order valence-electron chi connectivity index (χ0n) is 10.6. The summed E-state index contributed by atoms with van der Waals surface area (Å²) in [6.07, 6.45) is 0.146. The van der Waals surface area contributed by atoms with Gasteiger partial charge in [0.1, 0.15) is 0 Å². The lowest BCUT2D eigenvalue weighted by Crippen LogP contribution is -2.33. The fraction of sp³-hybridized carbons (Fsp3) is 0.250. The van der Waals surface area contributed by atoms with Gasteiger partial charge in [-0.2, -0.15) is 0 Å². The molecule has 0 aliphatic carbocycles. The number of ether oxygens (including phenoxy) is 1. The Kier molecular flexibility index (Phi) is 3.83. The van der Waals surface area contributed by atoms with Gasteiger partial charge in [0.15, 0.2) is 0 Å². The van der Waals surface area contributed by atoms with Gasteiger partial charge in [-0.3, -0.25) is 0 Å². The molecule has 1 aliphatic rings. The Morgan fingerprint density at radius 3 is 2.58 bits per heavy atom. The first-order chi connectivity index (χ1) is 9.33. The highest BCUT2D eigenvalue weighted by Crippen LogP contribution is 2.27. The summed E-state index contributed by atoms with van der Waals surface area (Å²) in [5, 5.41) is 4.12. The van der Waals surface area contributed by atoms with Gasteiger partial charge in [-0.15, -0.1) is 0 Å². The third-order valence-electron chi connectivity index (χ3n) is 3.34. The fourth-order valence-corrected chi connectivity index (χ4v) is 2.56. The minimum Gasteiger partial charge on any atom is -0.371 e. The summed E-state index contributed by atoms with van der Waals surface area (Å²) < 4.78 is 5.79. The molecule has 1 heterocycles. The van der Waals surface area contributed by atoms with Crippen LogP contribution in [0.25, 0.3) is 11.1 Å². The summed E-state index contributed by atoms with van der Waals surface area (Å²) in [6.45, 7) is 2.58. The van der Waals surface area contributed by atoms with Crippen molar-refractivity contribution >= 4 is 11.6 Å². The highest BCUT2D eigenvalue weighted by atomic mass is 35.5. The summed E-state index contributed by atoms with van der Waals surface area (Å²) in [6, 6.07) is 16.4. The van der Waals surface area contributed by atoms with Crippen LogP contribution < -0.4 is 5.32 Å². The van der Waals surface area contributed by atoms with Crippen molar-refractivity contribution < 1.29 is 4.74 Å². The molecule has 0 spiro atoms. The third kappa shape index (κ3) is 2.98. The minimum atomic E-state index is 0.146. The van der Waals surface area contributed by atoms with Gasteiger partial charge in [-0.1, -0.05) is 41.9 Å². The van der Waals surface area contributed by atoms with Crippen LogP contribution in [0.1, 0.15) is 11.7 Å². The first-order valence-electron chi connectivity index (χ1n) is 6.51. The Hall–Kier alpha value is -1.35. The second-order valence-electron chi connectivity index (χ2n) is 4.70. The third-order valence-corrected chi connectivity index (χ3v) is 3.58. The average molecular weight is 274 g/mol. The summed E-state index contributed by atoms with van der Waals surface area (Å²) in [7, 11) is 0. The second kappa shape index (κ2) is 5.74. The minimum absolute atomic E-state index is 0.146. The van der Waals surface area contributed by atoms with E-state index in [0.717, 1.165) is 30.3 Å². The van der Waals surface area contributed by atoms with Crippen LogP contribution in [0.4, 0.5) is 0 Å². The van der Waals surface area contributed by atoms with Crippen LogP contribution in [-0.2, 0) is 4.74 Å². The number of benzene rings is 2. The van der Waals surface area contributed by atoms with Gasteiger partial charge in [0.2, 0.25) is 0 Å². The molecule has 1 fully saturated rings. The van der Waals surface area contributed by atoms with Crippen molar-refractivity contribution in [1.82, 2.24) is 5.32 Å². The Morgan fingerprint density at radius 1 is 1.05 bits per heavy atom. The second-order valence-corrected chi connectivity index (χ2v) is 5.14. The molecule has 0 amide bonds. The van der Waals surface area contributed by atoms with E-state index in [9.17, 15) is 0 Å². The maximum Gasteiger partial charge on any atom is 0.0950 e. The molecule has 19 heavy (non-hydrogen) atoms. The van der Waals surface area contributed by atoms with Gasteiger partial charge in [-0.25, -0.2) is 0 Å². The highest BCUT2D eigenvalue weighted by Gasteiger charge is 2.15. The topological polar surface area (TPSA) is 21.3 Å². The summed E-state index contributed by atoms with van der Waals surface area (Å²) in [5.74, 6) is 0. The first-order valence-corrected chi connectivity index (χ1v) is 6.89. The molecule has 0 aromatic heterocycles. The van der Waals surface area contributed by atoms with Crippen molar-refractivity contribution in [3.05, 3.63) is 59.1 Å². The number of morpholine rings is 1. The summed E-state index contributed by atoms with van der Waals surface area (Å²) in [4.78, 5) is 0. The van der Waals surface area contributed by atoms with E-state index < -0.39 is 0 Å². The van der Waals surface area contributed by atoms with Gasteiger partial charge in [-0.05, 0) is 34.9 Å². The van der Waals surface area contributed by atoms with Crippen LogP contribution in [-0.4, -0.2) is 19.7 Å².